The lowest BCUT2D eigenvalue weighted by atomic mass is 9.89. The Hall–Kier alpha value is -2.63. The lowest BCUT2D eigenvalue weighted by molar-refractivity contribution is -0.126. The minimum Gasteiger partial charge on any atom is -0.467 e. The van der Waals surface area contributed by atoms with Crippen molar-refractivity contribution in [3.63, 3.8) is 0 Å². The molecule has 21 heavy (non-hydrogen) atoms. The molecule has 1 aromatic carbocycles. The molecule has 3 rings (SSSR count). The average molecular weight is 288 g/mol. The Labute approximate surface area is 120 Å². The fourth-order valence-electron chi connectivity index (χ4n) is 2.38. The van der Waals surface area contributed by atoms with Gasteiger partial charge in [-0.15, -0.1) is 0 Å². The molecular weight excluding hydrogens is 275 g/mol. The molecule has 1 atom stereocenters. The summed E-state index contributed by atoms with van der Waals surface area (Å²) in [5.41, 5.74) is 0.970. The zero-order chi connectivity index (χ0) is 14.8. The molecular formula is C15H13FN2O3. The third-order valence-electron chi connectivity index (χ3n) is 3.39. The molecule has 0 aliphatic carbocycles. The first kappa shape index (κ1) is 13.4. The Morgan fingerprint density at radius 1 is 1.43 bits per heavy atom. The molecule has 2 amide bonds. The van der Waals surface area contributed by atoms with Crippen LogP contribution < -0.4 is 10.6 Å². The molecule has 0 saturated heterocycles. The van der Waals surface area contributed by atoms with E-state index in [4.69, 9.17) is 4.42 Å². The average Bonchev–Trinajstić information content (AvgIpc) is 2.96. The Balaban J connectivity index is 1.78. The Kier molecular flexibility index (Phi) is 3.43. The number of carbonyl (C=O) groups is 2. The first-order chi connectivity index (χ1) is 10.1. The van der Waals surface area contributed by atoms with Crippen molar-refractivity contribution < 1.29 is 18.4 Å². The third-order valence-corrected chi connectivity index (χ3v) is 3.39. The van der Waals surface area contributed by atoms with Gasteiger partial charge in [0.2, 0.25) is 11.8 Å². The molecule has 2 heterocycles. The molecule has 1 aliphatic rings. The van der Waals surface area contributed by atoms with Crippen LogP contribution in [0.4, 0.5) is 10.1 Å². The predicted octanol–water partition coefficient (Wildman–Crippen LogP) is 2.16. The van der Waals surface area contributed by atoms with Crippen LogP contribution in [0.1, 0.15) is 23.7 Å². The van der Waals surface area contributed by atoms with Crippen molar-refractivity contribution in [2.75, 3.05) is 5.32 Å². The second kappa shape index (κ2) is 5.40. The smallest absolute Gasteiger partial charge is 0.228 e. The standard InChI is InChI=1S/C15H13FN2O3/c16-9-3-4-11-12(7-14(19)18-13(11)6-9)15(20)17-8-10-2-1-5-21-10/h1-6,12H,7-8H2,(H,17,20)(H,18,19). The van der Waals surface area contributed by atoms with Gasteiger partial charge in [0.1, 0.15) is 11.6 Å². The predicted molar refractivity (Wildman–Crippen MR) is 72.9 cm³/mol. The number of furan rings is 1. The summed E-state index contributed by atoms with van der Waals surface area (Å²) in [6.07, 6.45) is 1.57. The van der Waals surface area contributed by atoms with E-state index in [9.17, 15) is 14.0 Å². The second-order valence-electron chi connectivity index (χ2n) is 4.83. The van der Waals surface area contributed by atoms with Crippen LogP contribution in [0, 0.1) is 5.82 Å². The van der Waals surface area contributed by atoms with Crippen LogP contribution in [-0.4, -0.2) is 11.8 Å². The maximum Gasteiger partial charge on any atom is 0.228 e. The van der Waals surface area contributed by atoms with Crippen LogP contribution in [0.2, 0.25) is 0 Å². The van der Waals surface area contributed by atoms with Gasteiger partial charge in [-0.2, -0.15) is 0 Å². The van der Waals surface area contributed by atoms with E-state index in [1.165, 1.54) is 24.5 Å². The van der Waals surface area contributed by atoms with Gasteiger partial charge in [-0.05, 0) is 29.8 Å². The third kappa shape index (κ3) is 2.79. The topological polar surface area (TPSA) is 71.3 Å². The number of carbonyl (C=O) groups excluding carboxylic acids is 2. The molecule has 108 valence electrons. The Bertz CT molecular complexity index is 682. The van der Waals surface area contributed by atoms with Crippen LogP contribution in [0.3, 0.4) is 0 Å². The number of fused-ring (bicyclic) bond motifs is 1. The number of nitrogens with one attached hydrogen (secondary N) is 2. The van der Waals surface area contributed by atoms with Gasteiger partial charge >= 0.3 is 0 Å². The van der Waals surface area contributed by atoms with Crippen LogP contribution in [0.15, 0.2) is 41.0 Å². The molecule has 0 saturated carbocycles. The van der Waals surface area contributed by atoms with Gasteiger partial charge in [0.25, 0.3) is 0 Å². The summed E-state index contributed by atoms with van der Waals surface area (Å²) >= 11 is 0. The van der Waals surface area contributed by atoms with Crippen molar-refractivity contribution in [1.82, 2.24) is 5.32 Å². The van der Waals surface area contributed by atoms with Crippen LogP contribution in [0.5, 0.6) is 0 Å². The highest BCUT2D eigenvalue weighted by Crippen LogP contribution is 2.32. The number of rotatable bonds is 3. The Morgan fingerprint density at radius 2 is 2.29 bits per heavy atom. The van der Waals surface area contributed by atoms with E-state index in [-0.39, 0.29) is 24.8 Å². The molecule has 1 aromatic heterocycles. The molecule has 0 fully saturated rings. The summed E-state index contributed by atoms with van der Waals surface area (Å²) < 4.78 is 18.4. The molecule has 2 aromatic rings. The summed E-state index contributed by atoms with van der Waals surface area (Å²) in [7, 11) is 0. The zero-order valence-electron chi connectivity index (χ0n) is 11.1. The van der Waals surface area contributed by atoms with E-state index in [2.05, 4.69) is 10.6 Å². The highest BCUT2D eigenvalue weighted by molar-refractivity contribution is 6.01. The molecule has 0 bridgehead atoms. The minimum absolute atomic E-state index is 0.0443. The van der Waals surface area contributed by atoms with E-state index >= 15 is 0 Å². The highest BCUT2D eigenvalue weighted by Gasteiger charge is 2.30. The van der Waals surface area contributed by atoms with Crippen LogP contribution in [0.25, 0.3) is 0 Å². The number of hydrogen-bond donors (Lipinski definition) is 2. The maximum absolute atomic E-state index is 13.2. The molecule has 1 unspecified atom stereocenters. The summed E-state index contributed by atoms with van der Waals surface area (Å²) in [5, 5.41) is 5.30. The van der Waals surface area contributed by atoms with Crippen molar-refractivity contribution in [2.24, 2.45) is 0 Å². The fourth-order valence-corrected chi connectivity index (χ4v) is 2.38. The molecule has 0 spiro atoms. The van der Waals surface area contributed by atoms with Crippen molar-refractivity contribution in [3.05, 3.63) is 53.7 Å². The molecule has 5 nitrogen and oxygen atoms in total. The molecule has 6 heteroatoms. The SMILES string of the molecule is O=C1CC(C(=O)NCc2ccco2)c2ccc(F)cc2N1. The van der Waals surface area contributed by atoms with Gasteiger partial charge in [-0.3, -0.25) is 9.59 Å². The highest BCUT2D eigenvalue weighted by atomic mass is 19.1. The van der Waals surface area contributed by atoms with Gasteiger partial charge in [0, 0.05) is 12.1 Å². The first-order valence-electron chi connectivity index (χ1n) is 6.53. The van der Waals surface area contributed by atoms with Crippen molar-refractivity contribution in [2.45, 2.75) is 18.9 Å². The second-order valence-corrected chi connectivity index (χ2v) is 4.83. The zero-order valence-corrected chi connectivity index (χ0v) is 11.1. The summed E-state index contributed by atoms with van der Waals surface area (Å²) in [5.74, 6) is -1.03. The Morgan fingerprint density at radius 3 is 3.05 bits per heavy atom. The number of halogens is 1. The van der Waals surface area contributed by atoms with Crippen molar-refractivity contribution >= 4 is 17.5 Å². The number of benzene rings is 1. The molecule has 1 aliphatic heterocycles. The first-order valence-corrected chi connectivity index (χ1v) is 6.53. The number of hydrogen-bond acceptors (Lipinski definition) is 3. The van der Waals surface area contributed by atoms with E-state index < -0.39 is 11.7 Å². The van der Waals surface area contributed by atoms with Gasteiger partial charge in [0.15, 0.2) is 0 Å². The van der Waals surface area contributed by atoms with E-state index in [0.29, 0.717) is 17.0 Å². The summed E-state index contributed by atoms with van der Waals surface area (Å²) in [6.45, 7) is 0.250. The minimum atomic E-state index is -0.621. The number of anilines is 1. The van der Waals surface area contributed by atoms with Crippen molar-refractivity contribution in [3.8, 4) is 0 Å². The fraction of sp³-hybridized carbons (Fsp3) is 0.200. The van der Waals surface area contributed by atoms with Gasteiger partial charge in [-0.1, -0.05) is 6.07 Å². The summed E-state index contributed by atoms with van der Waals surface area (Å²) in [4.78, 5) is 23.9. The number of amides is 2. The van der Waals surface area contributed by atoms with E-state index in [1.807, 2.05) is 0 Å². The van der Waals surface area contributed by atoms with Crippen LogP contribution in [-0.2, 0) is 16.1 Å². The maximum atomic E-state index is 13.2. The van der Waals surface area contributed by atoms with Gasteiger partial charge in [-0.25, -0.2) is 4.39 Å². The van der Waals surface area contributed by atoms with Crippen molar-refractivity contribution in [1.29, 1.82) is 0 Å². The van der Waals surface area contributed by atoms with Gasteiger partial charge < -0.3 is 15.1 Å². The lowest BCUT2D eigenvalue weighted by Crippen LogP contribution is -2.34. The van der Waals surface area contributed by atoms with Gasteiger partial charge in [0.05, 0.1) is 18.7 Å². The summed E-state index contributed by atoms with van der Waals surface area (Å²) in [6, 6.07) is 7.51. The quantitative estimate of drug-likeness (QED) is 0.909. The van der Waals surface area contributed by atoms with Crippen LogP contribution >= 0.6 is 0 Å². The molecule has 0 radical (unpaired) electrons. The monoisotopic (exact) mass is 288 g/mol. The normalized spacial score (nSPS) is 17.0. The lowest BCUT2D eigenvalue weighted by Gasteiger charge is -2.24. The largest absolute Gasteiger partial charge is 0.467 e. The van der Waals surface area contributed by atoms with E-state index in [1.54, 1.807) is 12.1 Å². The van der Waals surface area contributed by atoms with E-state index in [0.717, 1.165) is 0 Å². The molecule has 2 N–H and O–H groups in total.